The van der Waals surface area contributed by atoms with E-state index in [2.05, 4.69) is 27.3 Å². The lowest BCUT2D eigenvalue weighted by molar-refractivity contribution is -0.121. The van der Waals surface area contributed by atoms with E-state index in [1.54, 1.807) is 0 Å². The number of hydrogen-bond acceptors (Lipinski definition) is 4. The van der Waals surface area contributed by atoms with Gasteiger partial charge in [-0.25, -0.2) is 4.98 Å². The number of morpholine rings is 1. The fourth-order valence-corrected chi connectivity index (χ4v) is 3.44. The number of hydrogen-bond donors (Lipinski definition) is 1. The number of ether oxygens (including phenoxy) is 1. The molecule has 1 saturated heterocycles. The lowest BCUT2D eigenvalue weighted by atomic mass is 10.1. The van der Waals surface area contributed by atoms with Gasteiger partial charge in [0, 0.05) is 32.0 Å². The first kappa shape index (κ1) is 17.7. The molecule has 3 aromatic rings. The Morgan fingerprint density at radius 3 is 2.67 bits per heavy atom. The number of carbonyl (C=O) groups is 1. The molecule has 27 heavy (non-hydrogen) atoms. The van der Waals surface area contributed by atoms with Crippen LogP contribution in [0.15, 0.2) is 60.9 Å². The van der Waals surface area contributed by atoms with Crippen LogP contribution in [0.3, 0.4) is 0 Å². The molecule has 1 aromatic carbocycles. The van der Waals surface area contributed by atoms with E-state index in [-0.39, 0.29) is 18.4 Å². The van der Waals surface area contributed by atoms with Crippen LogP contribution in [-0.4, -0.2) is 53.0 Å². The zero-order valence-electron chi connectivity index (χ0n) is 15.3. The summed E-state index contributed by atoms with van der Waals surface area (Å²) in [6.07, 6.45) is 4.12. The van der Waals surface area contributed by atoms with E-state index < -0.39 is 0 Å². The van der Waals surface area contributed by atoms with Crippen LogP contribution in [0.5, 0.6) is 0 Å². The number of aromatic nitrogens is 2. The summed E-state index contributed by atoms with van der Waals surface area (Å²) >= 11 is 0. The van der Waals surface area contributed by atoms with Gasteiger partial charge in [-0.05, 0) is 17.7 Å². The lowest BCUT2D eigenvalue weighted by Crippen LogP contribution is -2.43. The molecule has 0 radical (unpaired) electrons. The number of amides is 1. The Bertz CT molecular complexity index is 854. The third-order valence-electron chi connectivity index (χ3n) is 4.84. The normalized spacial score (nSPS) is 16.3. The maximum Gasteiger partial charge on any atom is 0.226 e. The quantitative estimate of drug-likeness (QED) is 0.727. The molecule has 1 unspecified atom stereocenters. The molecule has 1 aliphatic heterocycles. The first-order valence-corrected chi connectivity index (χ1v) is 9.35. The number of imidazole rings is 1. The smallest absolute Gasteiger partial charge is 0.226 e. The van der Waals surface area contributed by atoms with Gasteiger partial charge >= 0.3 is 0 Å². The van der Waals surface area contributed by atoms with Gasteiger partial charge in [0.2, 0.25) is 5.91 Å². The summed E-state index contributed by atoms with van der Waals surface area (Å²) in [6.45, 7) is 4.06. The molecular weight excluding hydrogens is 340 g/mol. The van der Waals surface area contributed by atoms with E-state index in [1.165, 1.54) is 0 Å². The van der Waals surface area contributed by atoms with Crippen molar-refractivity contribution in [2.75, 3.05) is 32.8 Å². The summed E-state index contributed by atoms with van der Waals surface area (Å²) < 4.78 is 7.37. The molecule has 2 aromatic heterocycles. The van der Waals surface area contributed by atoms with Crippen LogP contribution in [0, 0.1) is 0 Å². The molecule has 6 nitrogen and oxygen atoms in total. The Morgan fingerprint density at radius 1 is 1.11 bits per heavy atom. The number of pyridine rings is 1. The van der Waals surface area contributed by atoms with E-state index in [9.17, 15) is 4.79 Å². The van der Waals surface area contributed by atoms with Gasteiger partial charge in [0.1, 0.15) is 5.65 Å². The average molecular weight is 364 g/mol. The Kier molecular flexibility index (Phi) is 5.46. The third-order valence-corrected chi connectivity index (χ3v) is 4.84. The maximum absolute atomic E-state index is 12.7. The van der Waals surface area contributed by atoms with Gasteiger partial charge in [0.25, 0.3) is 0 Å². The molecule has 6 heteroatoms. The highest BCUT2D eigenvalue weighted by atomic mass is 16.5. The first-order chi connectivity index (χ1) is 13.3. The summed E-state index contributed by atoms with van der Waals surface area (Å²) in [5.41, 5.74) is 2.75. The van der Waals surface area contributed by atoms with Crippen molar-refractivity contribution in [3.05, 3.63) is 72.2 Å². The van der Waals surface area contributed by atoms with Crippen molar-refractivity contribution in [1.29, 1.82) is 0 Å². The monoisotopic (exact) mass is 364 g/mol. The van der Waals surface area contributed by atoms with Crippen molar-refractivity contribution in [2.24, 2.45) is 0 Å². The largest absolute Gasteiger partial charge is 0.379 e. The molecule has 1 atom stereocenters. The minimum absolute atomic E-state index is 0.0134. The van der Waals surface area contributed by atoms with E-state index in [0.29, 0.717) is 0 Å². The van der Waals surface area contributed by atoms with Crippen LogP contribution in [-0.2, 0) is 16.0 Å². The summed E-state index contributed by atoms with van der Waals surface area (Å²) in [4.78, 5) is 19.6. The second-order valence-corrected chi connectivity index (χ2v) is 6.82. The molecule has 140 valence electrons. The van der Waals surface area contributed by atoms with Crippen molar-refractivity contribution >= 4 is 11.6 Å². The summed E-state index contributed by atoms with van der Waals surface area (Å²) in [5, 5.41) is 3.20. The van der Waals surface area contributed by atoms with Crippen molar-refractivity contribution in [3.8, 4) is 0 Å². The maximum atomic E-state index is 12.7. The van der Waals surface area contributed by atoms with E-state index in [1.807, 2.05) is 53.2 Å². The number of benzene rings is 1. The fourth-order valence-electron chi connectivity index (χ4n) is 3.44. The molecule has 0 saturated carbocycles. The standard InChI is InChI=1S/C21H24N4O2/c26-21(14-18-15-25-9-5-4-8-20(25)22-18)23-19(17-6-2-1-3-7-17)16-24-10-12-27-13-11-24/h1-9,15,19H,10-14,16H2,(H,23,26). The zero-order chi connectivity index (χ0) is 18.5. The number of rotatable bonds is 6. The van der Waals surface area contributed by atoms with E-state index in [4.69, 9.17) is 4.74 Å². The van der Waals surface area contributed by atoms with E-state index in [0.717, 1.165) is 49.8 Å². The molecule has 1 amide bonds. The van der Waals surface area contributed by atoms with Crippen LogP contribution in [0.25, 0.3) is 5.65 Å². The minimum atomic E-state index is -0.0474. The first-order valence-electron chi connectivity index (χ1n) is 9.35. The highest BCUT2D eigenvalue weighted by Gasteiger charge is 2.20. The third kappa shape index (κ3) is 4.53. The Balaban J connectivity index is 1.45. The number of fused-ring (bicyclic) bond motifs is 1. The highest BCUT2D eigenvalue weighted by Crippen LogP contribution is 2.16. The molecule has 0 bridgehead atoms. The molecule has 3 heterocycles. The highest BCUT2D eigenvalue weighted by molar-refractivity contribution is 5.78. The van der Waals surface area contributed by atoms with Crippen molar-refractivity contribution in [3.63, 3.8) is 0 Å². The summed E-state index contributed by atoms with van der Waals surface area (Å²) in [5.74, 6) is -0.0134. The van der Waals surface area contributed by atoms with Crippen LogP contribution < -0.4 is 5.32 Å². The molecular formula is C21H24N4O2. The SMILES string of the molecule is O=C(Cc1cn2ccccc2n1)NC(CN1CCOCC1)c1ccccc1. The van der Waals surface area contributed by atoms with Gasteiger partial charge < -0.3 is 14.5 Å². The number of nitrogens with one attached hydrogen (secondary N) is 1. The minimum Gasteiger partial charge on any atom is -0.379 e. The molecule has 4 rings (SSSR count). The molecule has 1 N–H and O–H groups in total. The Hall–Kier alpha value is -2.70. The van der Waals surface area contributed by atoms with Gasteiger partial charge in [-0.1, -0.05) is 36.4 Å². The van der Waals surface area contributed by atoms with Gasteiger partial charge in [0.15, 0.2) is 0 Å². The van der Waals surface area contributed by atoms with Gasteiger partial charge in [-0.2, -0.15) is 0 Å². The number of nitrogens with zero attached hydrogens (tertiary/aromatic N) is 3. The second-order valence-electron chi connectivity index (χ2n) is 6.82. The van der Waals surface area contributed by atoms with Crippen molar-refractivity contribution < 1.29 is 9.53 Å². The zero-order valence-corrected chi connectivity index (χ0v) is 15.3. The van der Waals surface area contributed by atoms with Gasteiger partial charge in [0.05, 0.1) is 31.4 Å². The predicted molar refractivity (Wildman–Crippen MR) is 103 cm³/mol. The average Bonchev–Trinajstić information content (AvgIpc) is 3.11. The van der Waals surface area contributed by atoms with Crippen molar-refractivity contribution in [2.45, 2.75) is 12.5 Å². The lowest BCUT2D eigenvalue weighted by Gasteiger charge is -2.31. The Morgan fingerprint density at radius 2 is 1.89 bits per heavy atom. The van der Waals surface area contributed by atoms with Crippen LogP contribution in [0.2, 0.25) is 0 Å². The van der Waals surface area contributed by atoms with Crippen LogP contribution >= 0.6 is 0 Å². The van der Waals surface area contributed by atoms with Gasteiger partial charge in [-0.15, -0.1) is 0 Å². The van der Waals surface area contributed by atoms with Crippen LogP contribution in [0.4, 0.5) is 0 Å². The Labute approximate surface area is 158 Å². The molecule has 1 aliphatic rings. The second kappa shape index (κ2) is 8.33. The molecule has 1 fully saturated rings. The molecule has 0 spiro atoms. The van der Waals surface area contributed by atoms with Crippen molar-refractivity contribution in [1.82, 2.24) is 19.6 Å². The summed E-state index contributed by atoms with van der Waals surface area (Å²) in [7, 11) is 0. The topological polar surface area (TPSA) is 58.9 Å². The summed E-state index contributed by atoms with van der Waals surface area (Å²) in [6, 6.07) is 15.9. The number of carbonyl (C=O) groups excluding carboxylic acids is 1. The van der Waals surface area contributed by atoms with Gasteiger partial charge in [-0.3, -0.25) is 9.69 Å². The predicted octanol–water partition coefficient (Wildman–Crippen LogP) is 2.07. The van der Waals surface area contributed by atoms with E-state index >= 15 is 0 Å². The fraction of sp³-hybridized carbons (Fsp3) is 0.333. The molecule has 0 aliphatic carbocycles. The van der Waals surface area contributed by atoms with Crippen LogP contribution in [0.1, 0.15) is 17.3 Å².